The summed E-state index contributed by atoms with van der Waals surface area (Å²) in [5, 5.41) is 10.4. The van der Waals surface area contributed by atoms with E-state index in [-0.39, 0.29) is 5.75 Å². The van der Waals surface area contributed by atoms with Crippen molar-refractivity contribution in [2.24, 2.45) is 0 Å². The van der Waals surface area contributed by atoms with Gasteiger partial charge < -0.3 is 9.84 Å². The molecule has 0 amide bonds. The van der Waals surface area contributed by atoms with Gasteiger partial charge in [0.2, 0.25) is 0 Å². The summed E-state index contributed by atoms with van der Waals surface area (Å²) < 4.78 is 5.35. The van der Waals surface area contributed by atoms with Gasteiger partial charge in [0.15, 0.2) is 0 Å². The van der Waals surface area contributed by atoms with Crippen LogP contribution in [0.4, 0.5) is 0 Å². The molecule has 1 aliphatic rings. The van der Waals surface area contributed by atoms with Crippen molar-refractivity contribution in [3.8, 4) is 5.75 Å². The first-order valence-electron chi connectivity index (χ1n) is 5.93. The summed E-state index contributed by atoms with van der Waals surface area (Å²) in [6.45, 7) is 2.32. The van der Waals surface area contributed by atoms with E-state index in [2.05, 4.69) is 11.9 Å². The number of benzene rings is 1. The first kappa shape index (κ1) is 12.7. The Morgan fingerprint density at radius 3 is 2.76 bits per heavy atom. The highest BCUT2D eigenvalue weighted by molar-refractivity contribution is 6.31. The van der Waals surface area contributed by atoms with Crippen LogP contribution in [0.15, 0.2) is 18.2 Å². The van der Waals surface area contributed by atoms with Crippen LogP contribution >= 0.6 is 11.6 Å². The van der Waals surface area contributed by atoms with E-state index >= 15 is 0 Å². The largest absolute Gasteiger partial charge is 0.508 e. The monoisotopic (exact) mass is 255 g/mol. The molecule has 3 nitrogen and oxygen atoms in total. The number of ether oxygens (including phenoxy) is 1. The number of phenols is 1. The Balaban J connectivity index is 2.04. The lowest BCUT2D eigenvalue weighted by Gasteiger charge is -2.31. The van der Waals surface area contributed by atoms with Gasteiger partial charge in [-0.2, -0.15) is 0 Å². The standard InChI is InChI=1S/C13H18ClNO2/c1-15(10-5-7-17-8-6-10)9-11-12(14)3-2-4-13(11)16/h2-4,10,16H,5-9H2,1H3. The predicted molar refractivity (Wildman–Crippen MR) is 68.4 cm³/mol. The fourth-order valence-corrected chi connectivity index (χ4v) is 2.44. The van der Waals surface area contributed by atoms with Crippen LogP contribution in [0.2, 0.25) is 5.02 Å². The minimum atomic E-state index is 0.274. The molecule has 4 heteroatoms. The molecule has 0 atom stereocenters. The number of halogens is 1. The average molecular weight is 256 g/mol. The third kappa shape index (κ3) is 3.12. The Morgan fingerprint density at radius 2 is 2.12 bits per heavy atom. The maximum absolute atomic E-state index is 9.80. The van der Waals surface area contributed by atoms with Crippen LogP contribution in [-0.4, -0.2) is 36.3 Å². The predicted octanol–water partition coefficient (Wildman–Crippen LogP) is 2.66. The summed E-state index contributed by atoms with van der Waals surface area (Å²) in [5.41, 5.74) is 0.808. The molecule has 94 valence electrons. The summed E-state index contributed by atoms with van der Waals surface area (Å²) in [6.07, 6.45) is 2.09. The summed E-state index contributed by atoms with van der Waals surface area (Å²) in [5.74, 6) is 0.274. The smallest absolute Gasteiger partial charge is 0.121 e. The van der Waals surface area contributed by atoms with E-state index in [1.807, 2.05) is 6.07 Å². The third-order valence-electron chi connectivity index (χ3n) is 3.32. The summed E-state index contributed by atoms with van der Waals surface area (Å²) in [4.78, 5) is 2.24. The highest BCUT2D eigenvalue weighted by Crippen LogP contribution is 2.27. The van der Waals surface area contributed by atoms with Crippen LogP contribution in [0.25, 0.3) is 0 Å². The van der Waals surface area contributed by atoms with Gasteiger partial charge in [-0.3, -0.25) is 4.90 Å². The SMILES string of the molecule is CN(Cc1c(O)cccc1Cl)C1CCOCC1. The molecule has 0 saturated carbocycles. The van der Waals surface area contributed by atoms with Crippen molar-refractivity contribution in [2.45, 2.75) is 25.4 Å². The van der Waals surface area contributed by atoms with Crippen molar-refractivity contribution >= 4 is 11.6 Å². The quantitative estimate of drug-likeness (QED) is 0.901. The molecule has 1 N–H and O–H groups in total. The molecule has 0 aromatic heterocycles. The van der Waals surface area contributed by atoms with Crippen molar-refractivity contribution in [1.82, 2.24) is 4.90 Å². The zero-order chi connectivity index (χ0) is 12.3. The normalized spacial score (nSPS) is 17.6. The van der Waals surface area contributed by atoms with Gasteiger partial charge in [0.1, 0.15) is 5.75 Å². The fraction of sp³-hybridized carbons (Fsp3) is 0.538. The molecule has 1 fully saturated rings. The molecule has 1 heterocycles. The van der Waals surface area contributed by atoms with E-state index in [9.17, 15) is 5.11 Å². The molecular weight excluding hydrogens is 238 g/mol. The van der Waals surface area contributed by atoms with Gasteiger partial charge in [0.05, 0.1) is 0 Å². The average Bonchev–Trinajstić information content (AvgIpc) is 2.35. The Morgan fingerprint density at radius 1 is 1.41 bits per heavy atom. The van der Waals surface area contributed by atoms with E-state index in [0.717, 1.165) is 31.6 Å². The highest BCUT2D eigenvalue weighted by Gasteiger charge is 2.20. The van der Waals surface area contributed by atoms with Gasteiger partial charge in [-0.1, -0.05) is 17.7 Å². The van der Waals surface area contributed by atoms with E-state index < -0.39 is 0 Å². The van der Waals surface area contributed by atoms with Gasteiger partial charge in [-0.05, 0) is 32.0 Å². The van der Waals surface area contributed by atoms with E-state index in [0.29, 0.717) is 17.6 Å². The summed E-state index contributed by atoms with van der Waals surface area (Å²) >= 11 is 6.10. The molecule has 17 heavy (non-hydrogen) atoms. The minimum Gasteiger partial charge on any atom is -0.508 e. The molecule has 0 aliphatic carbocycles. The second-order valence-corrected chi connectivity index (χ2v) is 4.90. The van der Waals surface area contributed by atoms with Gasteiger partial charge in [0.25, 0.3) is 0 Å². The Hall–Kier alpha value is -0.770. The maximum atomic E-state index is 9.80. The van der Waals surface area contributed by atoms with Crippen molar-refractivity contribution in [3.63, 3.8) is 0 Å². The first-order valence-corrected chi connectivity index (χ1v) is 6.30. The lowest BCUT2D eigenvalue weighted by atomic mass is 10.1. The topological polar surface area (TPSA) is 32.7 Å². The first-order chi connectivity index (χ1) is 8.18. The zero-order valence-corrected chi connectivity index (χ0v) is 10.8. The molecule has 0 bridgehead atoms. The van der Waals surface area contributed by atoms with Crippen molar-refractivity contribution in [1.29, 1.82) is 0 Å². The molecule has 1 saturated heterocycles. The van der Waals surface area contributed by atoms with Crippen LogP contribution in [0, 0.1) is 0 Å². The second-order valence-electron chi connectivity index (χ2n) is 4.50. The summed E-state index contributed by atoms with van der Waals surface area (Å²) in [6, 6.07) is 5.77. The number of hydrogen-bond donors (Lipinski definition) is 1. The van der Waals surface area contributed by atoms with Crippen LogP contribution in [-0.2, 0) is 11.3 Å². The van der Waals surface area contributed by atoms with Crippen molar-refractivity contribution in [3.05, 3.63) is 28.8 Å². The number of rotatable bonds is 3. The Bertz CT molecular complexity index is 357. The number of nitrogens with zero attached hydrogens (tertiary/aromatic N) is 1. The van der Waals surface area contributed by atoms with E-state index in [4.69, 9.17) is 16.3 Å². The molecule has 1 aromatic rings. The molecule has 0 radical (unpaired) electrons. The fourth-order valence-electron chi connectivity index (χ4n) is 2.21. The van der Waals surface area contributed by atoms with Gasteiger partial charge in [-0.15, -0.1) is 0 Å². The molecule has 0 spiro atoms. The summed E-state index contributed by atoms with van der Waals surface area (Å²) in [7, 11) is 2.07. The van der Waals surface area contributed by atoms with Crippen LogP contribution < -0.4 is 0 Å². The zero-order valence-electron chi connectivity index (χ0n) is 10.0. The van der Waals surface area contributed by atoms with Gasteiger partial charge in [0, 0.05) is 36.4 Å². The van der Waals surface area contributed by atoms with Crippen LogP contribution in [0.3, 0.4) is 0 Å². The number of aromatic hydroxyl groups is 1. The minimum absolute atomic E-state index is 0.274. The maximum Gasteiger partial charge on any atom is 0.121 e. The number of hydrogen-bond acceptors (Lipinski definition) is 3. The lowest BCUT2D eigenvalue weighted by molar-refractivity contribution is 0.0405. The Kier molecular flexibility index (Phi) is 4.26. The van der Waals surface area contributed by atoms with Crippen LogP contribution in [0.1, 0.15) is 18.4 Å². The third-order valence-corrected chi connectivity index (χ3v) is 3.67. The number of phenolic OH excluding ortho intramolecular Hbond substituents is 1. The highest BCUT2D eigenvalue weighted by atomic mass is 35.5. The molecule has 1 aliphatic heterocycles. The van der Waals surface area contributed by atoms with Gasteiger partial charge >= 0.3 is 0 Å². The van der Waals surface area contributed by atoms with Gasteiger partial charge in [-0.25, -0.2) is 0 Å². The lowest BCUT2D eigenvalue weighted by Crippen LogP contribution is -2.36. The Labute approximate surface area is 107 Å². The molecule has 2 rings (SSSR count). The van der Waals surface area contributed by atoms with Crippen molar-refractivity contribution in [2.75, 3.05) is 20.3 Å². The molecular formula is C13H18ClNO2. The molecule has 0 unspecified atom stereocenters. The van der Waals surface area contributed by atoms with Crippen molar-refractivity contribution < 1.29 is 9.84 Å². The van der Waals surface area contributed by atoms with E-state index in [1.165, 1.54) is 0 Å². The van der Waals surface area contributed by atoms with E-state index in [1.54, 1.807) is 12.1 Å². The molecule has 1 aromatic carbocycles. The van der Waals surface area contributed by atoms with Crippen LogP contribution in [0.5, 0.6) is 5.75 Å². The second kappa shape index (κ2) is 5.71.